The Hall–Kier alpha value is -3.09. The van der Waals surface area contributed by atoms with Gasteiger partial charge in [-0.2, -0.15) is 4.99 Å². The highest BCUT2D eigenvalue weighted by Crippen LogP contribution is 2.14. The number of amides is 1. The molecule has 0 aliphatic rings. The average Bonchev–Trinajstić information content (AvgIpc) is 2.93. The summed E-state index contributed by atoms with van der Waals surface area (Å²) >= 11 is 0. The summed E-state index contributed by atoms with van der Waals surface area (Å²) in [5.74, 6) is -0.754. The summed E-state index contributed by atoms with van der Waals surface area (Å²) in [4.78, 5) is 20.0. The molecule has 21 heavy (non-hydrogen) atoms. The van der Waals surface area contributed by atoms with Crippen molar-refractivity contribution in [2.45, 2.75) is 0 Å². The Kier molecular flexibility index (Phi) is 4.35. The summed E-state index contributed by atoms with van der Waals surface area (Å²) in [6, 6.07) is 10.7. The minimum absolute atomic E-state index is 0.265. The van der Waals surface area contributed by atoms with Gasteiger partial charge >= 0.3 is 0 Å². The maximum absolute atomic E-state index is 11.8. The van der Waals surface area contributed by atoms with Crippen LogP contribution >= 0.6 is 0 Å². The molecule has 0 atom stereocenters. The molecular formula is C14H15N5O2. The number of carbonyl (C=O) groups excluding carboxylic acids is 1. The molecule has 1 amide bonds. The van der Waals surface area contributed by atoms with Crippen molar-refractivity contribution in [3.05, 3.63) is 53.9 Å². The van der Waals surface area contributed by atoms with Crippen molar-refractivity contribution in [1.29, 1.82) is 0 Å². The number of aliphatic imine (C=N–C) groups is 1. The van der Waals surface area contributed by atoms with E-state index in [2.05, 4.69) is 15.0 Å². The van der Waals surface area contributed by atoms with Gasteiger partial charge in [-0.1, -0.05) is 11.2 Å². The first-order chi connectivity index (χ1) is 10.1. The predicted octanol–water partition coefficient (Wildman–Crippen LogP) is 0.871. The minimum Gasteiger partial charge on any atom is -0.399 e. The number of benzene rings is 1. The van der Waals surface area contributed by atoms with E-state index in [0.29, 0.717) is 5.56 Å². The van der Waals surface area contributed by atoms with Gasteiger partial charge in [0.1, 0.15) is 7.11 Å². The monoisotopic (exact) mass is 285 g/mol. The fourth-order valence-electron chi connectivity index (χ4n) is 1.81. The molecule has 0 aliphatic carbocycles. The molecule has 1 aromatic heterocycles. The molecule has 0 fully saturated rings. The van der Waals surface area contributed by atoms with Gasteiger partial charge in [0.15, 0.2) is 5.96 Å². The second-order valence-corrected chi connectivity index (χ2v) is 4.11. The van der Waals surface area contributed by atoms with Crippen molar-refractivity contribution >= 4 is 18.1 Å². The fourth-order valence-corrected chi connectivity index (χ4v) is 1.81. The van der Waals surface area contributed by atoms with Crippen LogP contribution in [0.1, 0.15) is 16.1 Å². The number of rotatable bonds is 4. The van der Waals surface area contributed by atoms with E-state index >= 15 is 0 Å². The van der Waals surface area contributed by atoms with Crippen LogP contribution in [0.5, 0.6) is 0 Å². The van der Waals surface area contributed by atoms with Gasteiger partial charge in [-0.05, 0) is 30.3 Å². The SMILES string of the molecule is CON=Cc1cccn1-c1cccc(C(=O)N=C(N)N)c1. The number of hydrogen-bond acceptors (Lipinski definition) is 3. The van der Waals surface area contributed by atoms with Crippen molar-refractivity contribution in [3.8, 4) is 5.69 Å². The lowest BCUT2D eigenvalue weighted by molar-refractivity contribution is 0.100. The number of guanidine groups is 1. The van der Waals surface area contributed by atoms with Gasteiger partial charge in [0.25, 0.3) is 5.91 Å². The van der Waals surface area contributed by atoms with E-state index < -0.39 is 5.91 Å². The molecule has 2 rings (SSSR count). The zero-order chi connectivity index (χ0) is 15.2. The van der Waals surface area contributed by atoms with E-state index in [1.165, 1.54) is 7.11 Å². The van der Waals surface area contributed by atoms with Crippen LogP contribution in [-0.2, 0) is 4.84 Å². The molecule has 1 heterocycles. The number of aromatic nitrogens is 1. The van der Waals surface area contributed by atoms with E-state index in [4.69, 9.17) is 11.5 Å². The normalized spacial score (nSPS) is 10.5. The summed E-state index contributed by atoms with van der Waals surface area (Å²) < 4.78 is 1.86. The zero-order valence-corrected chi connectivity index (χ0v) is 11.4. The summed E-state index contributed by atoms with van der Waals surface area (Å²) in [5, 5.41) is 3.73. The van der Waals surface area contributed by atoms with Crippen LogP contribution in [0.25, 0.3) is 5.69 Å². The maximum Gasteiger partial charge on any atom is 0.280 e. The standard InChI is InChI=1S/C14H15N5O2/c1-21-17-9-12-6-3-7-19(12)11-5-2-4-10(8-11)13(20)18-14(15)16/h2-9H,1H3,(H4,15,16,18,20). The molecule has 1 aromatic carbocycles. The predicted molar refractivity (Wildman–Crippen MR) is 80.5 cm³/mol. The van der Waals surface area contributed by atoms with Gasteiger partial charge in [0, 0.05) is 17.4 Å². The fraction of sp³-hybridized carbons (Fsp3) is 0.0714. The third-order valence-electron chi connectivity index (χ3n) is 2.67. The molecule has 0 unspecified atom stereocenters. The summed E-state index contributed by atoms with van der Waals surface area (Å²) in [7, 11) is 1.47. The lowest BCUT2D eigenvalue weighted by Gasteiger charge is -2.07. The van der Waals surface area contributed by atoms with Crippen LogP contribution in [0.2, 0.25) is 0 Å². The Balaban J connectivity index is 2.38. The van der Waals surface area contributed by atoms with Crippen molar-refractivity contribution in [2.75, 3.05) is 7.11 Å². The van der Waals surface area contributed by atoms with Gasteiger partial charge in [0.05, 0.1) is 11.9 Å². The third kappa shape index (κ3) is 3.47. The van der Waals surface area contributed by atoms with E-state index in [1.54, 1.807) is 24.4 Å². The van der Waals surface area contributed by atoms with Crippen LogP contribution in [0, 0.1) is 0 Å². The van der Waals surface area contributed by atoms with Crippen molar-refractivity contribution in [3.63, 3.8) is 0 Å². The lowest BCUT2D eigenvalue weighted by Crippen LogP contribution is -2.24. The maximum atomic E-state index is 11.8. The van der Waals surface area contributed by atoms with Gasteiger partial charge in [0.2, 0.25) is 0 Å². The molecule has 4 N–H and O–H groups in total. The molecule has 108 valence electrons. The summed E-state index contributed by atoms with van der Waals surface area (Å²) in [6.45, 7) is 0. The van der Waals surface area contributed by atoms with Crippen molar-refractivity contribution < 1.29 is 9.63 Å². The topological polar surface area (TPSA) is 108 Å². The second kappa shape index (κ2) is 6.38. The van der Waals surface area contributed by atoms with Crippen LogP contribution in [-0.4, -0.2) is 29.8 Å². The van der Waals surface area contributed by atoms with E-state index in [0.717, 1.165) is 11.4 Å². The molecule has 2 aromatic rings. The molecule has 0 radical (unpaired) electrons. The third-order valence-corrected chi connectivity index (χ3v) is 2.67. The molecule has 0 saturated heterocycles. The van der Waals surface area contributed by atoms with Crippen LogP contribution in [0.15, 0.2) is 52.7 Å². The van der Waals surface area contributed by atoms with Crippen molar-refractivity contribution in [1.82, 2.24) is 4.57 Å². The molecule has 7 heteroatoms. The molecule has 0 saturated carbocycles. The second-order valence-electron chi connectivity index (χ2n) is 4.11. The number of nitrogens with two attached hydrogens (primary N) is 2. The Morgan fingerprint density at radius 3 is 2.81 bits per heavy atom. The first-order valence-electron chi connectivity index (χ1n) is 6.10. The Labute approximate surface area is 121 Å². The van der Waals surface area contributed by atoms with Gasteiger partial charge in [-0.3, -0.25) is 4.79 Å². The van der Waals surface area contributed by atoms with Crippen LogP contribution < -0.4 is 11.5 Å². The highest BCUT2D eigenvalue weighted by atomic mass is 16.6. The average molecular weight is 285 g/mol. The highest BCUT2D eigenvalue weighted by molar-refractivity contribution is 6.02. The quantitative estimate of drug-likeness (QED) is 0.493. The molecule has 7 nitrogen and oxygen atoms in total. The Morgan fingerprint density at radius 1 is 1.29 bits per heavy atom. The smallest absolute Gasteiger partial charge is 0.280 e. The van der Waals surface area contributed by atoms with Gasteiger partial charge in [-0.15, -0.1) is 0 Å². The molecule has 0 aliphatic heterocycles. The first-order valence-corrected chi connectivity index (χ1v) is 6.10. The summed E-state index contributed by atoms with van der Waals surface area (Å²) in [6.07, 6.45) is 3.42. The zero-order valence-electron chi connectivity index (χ0n) is 11.4. The van der Waals surface area contributed by atoms with E-state index in [9.17, 15) is 4.79 Å². The largest absolute Gasteiger partial charge is 0.399 e. The molecule has 0 bridgehead atoms. The Morgan fingerprint density at radius 2 is 2.10 bits per heavy atom. The van der Waals surface area contributed by atoms with Crippen LogP contribution in [0.4, 0.5) is 0 Å². The number of nitrogens with zero attached hydrogens (tertiary/aromatic N) is 3. The van der Waals surface area contributed by atoms with Crippen LogP contribution in [0.3, 0.4) is 0 Å². The lowest BCUT2D eigenvalue weighted by atomic mass is 10.2. The number of hydrogen-bond donors (Lipinski definition) is 2. The summed E-state index contributed by atoms with van der Waals surface area (Å²) in [5.41, 5.74) is 12.4. The van der Waals surface area contributed by atoms with Gasteiger partial charge in [-0.25, -0.2) is 0 Å². The molecule has 0 spiro atoms. The van der Waals surface area contributed by atoms with Gasteiger partial charge < -0.3 is 20.9 Å². The Bertz CT molecular complexity index is 699. The highest BCUT2D eigenvalue weighted by Gasteiger charge is 2.07. The first kappa shape index (κ1) is 14.3. The van der Waals surface area contributed by atoms with Crippen molar-refractivity contribution in [2.24, 2.45) is 21.6 Å². The van der Waals surface area contributed by atoms with E-state index in [1.807, 2.05) is 29.0 Å². The number of carbonyl (C=O) groups is 1. The molecular weight excluding hydrogens is 270 g/mol. The minimum atomic E-state index is -0.490. The number of oxime groups is 1. The van der Waals surface area contributed by atoms with E-state index in [-0.39, 0.29) is 5.96 Å².